The Balaban J connectivity index is 1.94. The average Bonchev–Trinajstić information content (AvgIpc) is 3.50. The maximum absolute atomic E-state index is 14.5. The molecule has 1 aliphatic rings. The first-order chi connectivity index (χ1) is 14.5. The normalized spacial score (nSPS) is 16.1. The van der Waals surface area contributed by atoms with E-state index in [2.05, 4.69) is 10.0 Å². The highest BCUT2D eigenvalue weighted by atomic mass is 32.2. The number of nitrogens with zero attached hydrogens (tertiary/aromatic N) is 1. The molecule has 31 heavy (non-hydrogen) atoms. The summed E-state index contributed by atoms with van der Waals surface area (Å²) in [6.45, 7) is 2.16. The van der Waals surface area contributed by atoms with Gasteiger partial charge in [0, 0.05) is 19.0 Å². The number of benzene rings is 1. The Morgan fingerprint density at radius 1 is 1.26 bits per heavy atom. The van der Waals surface area contributed by atoms with Crippen LogP contribution in [0.3, 0.4) is 0 Å². The highest BCUT2D eigenvalue weighted by molar-refractivity contribution is 7.88. The molecule has 1 saturated carbocycles. The lowest BCUT2D eigenvalue weighted by Crippen LogP contribution is -2.34. The lowest BCUT2D eigenvalue weighted by Gasteiger charge is -2.23. The standard InChI is InChI=1S/C21H26F3N3O3S/c1-4-14-5-6-16(15(22)10-14)25-18-17(9-13(2)19(29)27(18)3)26-31(30)20(7-8-20)11-21(23,24)12-28/h5-6,9-10,25-26,28H,4,7-8,11-12H2,1-3H3. The van der Waals surface area contributed by atoms with Crippen LogP contribution in [0.2, 0.25) is 0 Å². The van der Waals surface area contributed by atoms with Gasteiger partial charge in [0.25, 0.3) is 11.5 Å². The van der Waals surface area contributed by atoms with E-state index >= 15 is 0 Å². The Labute approximate surface area is 181 Å². The zero-order chi connectivity index (χ0) is 23.0. The molecule has 2 aromatic rings. The van der Waals surface area contributed by atoms with E-state index in [-0.39, 0.29) is 22.8 Å². The molecule has 1 atom stereocenters. The van der Waals surface area contributed by atoms with Crippen LogP contribution >= 0.6 is 0 Å². The van der Waals surface area contributed by atoms with Crippen molar-refractivity contribution in [2.75, 3.05) is 16.6 Å². The van der Waals surface area contributed by atoms with E-state index in [0.717, 1.165) is 5.56 Å². The zero-order valence-corrected chi connectivity index (χ0v) is 18.4. The lowest BCUT2D eigenvalue weighted by molar-refractivity contribution is -0.0579. The van der Waals surface area contributed by atoms with Gasteiger partial charge in [-0.05, 0) is 49.9 Å². The van der Waals surface area contributed by atoms with Crippen LogP contribution in [0.5, 0.6) is 0 Å². The molecule has 10 heteroatoms. The van der Waals surface area contributed by atoms with Gasteiger partial charge in [-0.1, -0.05) is 13.0 Å². The number of hydrogen-bond acceptors (Lipinski definition) is 4. The summed E-state index contributed by atoms with van der Waals surface area (Å²) in [7, 11) is -0.427. The molecule has 1 aliphatic carbocycles. The number of pyridine rings is 1. The van der Waals surface area contributed by atoms with E-state index < -0.39 is 40.5 Å². The number of alkyl halides is 2. The Morgan fingerprint density at radius 2 is 1.94 bits per heavy atom. The zero-order valence-electron chi connectivity index (χ0n) is 17.6. The van der Waals surface area contributed by atoms with Gasteiger partial charge in [-0.2, -0.15) is 0 Å². The van der Waals surface area contributed by atoms with E-state index in [1.54, 1.807) is 19.1 Å². The summed E-state index contributed by atoms with van der Waals surface area (Å²) in [5.74, 6) is -3.68. The fraction of sp³-hybridized carbons (Fsp3) is 0.476. The van der Waals surface area contributed by atoms with Crippen molar-refractivity contribution in [2.45, 2.75) is 50.2 Å². The van der Waals surface area contributed by atoms with Crippen molar-refractivity contribution >= 4 is 28.2 Å². The molecule has 0 saturated heterocycles. The molecule has 0 bridgehead atoms. The van der Waals surface area contributed by atoms with Crippen LogP contribution in [0, 0.1) is 12.7 Å². The molecular formula is C21H26F3N3O3S. The van der Waals surface area contributed by atoms with E-state index in [0.29, 0.717) is 24.8 Å². The number of rotatable bonds is 9. The van der Waals surface area contributed by atoms with E-state index in [1.807, 2.05) is 6.92 Å². The fourth-order valence-corrected chi connectivity index (χ4v) is 4.82. The minimum Gasteiger partial charge on any atom is -0.390 e. The van der Waals surface area contributed by atoms with Crippen molar-refractivity contribution in [1.29, 1.82) is 0 Å². The first-order valence-corrected chi connectivity index (χ1v) is 11.1. The monoisotopic (exact) mass is 457 g/mol. The summed E-state index contributed by atoms with van der Waals surface area (Å²) in [5.41, 5.74) is 1.17. The topological polar surface area (TPSA) is 83.4 Å². The number of anilines is 3. The molecule has 1 unspecified atom stereocenters. The number of aryl methyl sites for hydroxylation is 2. The van der Waals surface area contributed by atoms with Crippen LogP contribution in [0.4, 0.5) is 30.4 Å². The second kappa shape index (κ2) is 8.66. The summed E-state index contributed by atoms with van der Waals surface area (Å²) < 4.78 is 57.8. The first-order valence-electron chi connectivity index (χ1n) is 9.95. The molecule has 1 aromatic carbocycles. The van der Waals surface area contributed by atoms with Gasteiger partial charge in [-0.3, -0.25) is 9.36 Å². The number of aliphatic hydroxyl groups excluding tert-OH is 1. The molecule has 0 aliphatic heterocycles. The molecule has 3 rings (SSSR count). The fourth-order valence-electron chi connectivity index (χ4n) is 3.43. The van der Waals surface area contributed by atoms with Gasteiger partial charge in [0.2, 0.25) is 0 Å². The number of halogens is 3. The van der Waals surface area contributed by atoms with Crippen molar-refractivity contribution in [3.8, 4) is 0 Å². The highest BCUT2D eigenvalue weighted by Gasteiger charge is 2.55. The molecule has 1 aromatic heterocycles. The van der Waals surface area contributed by atoms with Crippen LogP contribution in [-0.4, -0.2) is 31.2 Å². The predicted octanol–water partition coefficient (Wildman–Crippen LogP) is 3.76. The number of hydrogen-bond donors (Lipinski definition) is 3. The van der Waals surface area contributed by atoms with Crippen LogP contribution in [0.25, 0.3) is 0 Å². The van der Waals surface area contributed by atoms with Crippen molar-refractivity contribution in [3.05, 3.63) is 51.6 Å². The van der Waals surface area contributed by atoms with E-state index in [4.69, 9.17) is 5.11 Å². The first kappa shape index (κ1) is 23.3. The van der Waals surface area contributed by atoms with Crippen molar-refractivity contribution in [2.24, 2.45) is 7.05 Å². The summed E-state index contributed by atoms with van der Waals surface area (Å²) in [5, 5.41) is 11.7. The van der Waals surface area contributed by atoms with E-state index in [9.17, 15) is 22.2 Å². The lowest BCUT2D eigenvalue weighted by atomic mass is 10.1. The third-order valence-corrected chi connectivity index (χ3v) is 7.25. The average molecular weight is 458 g/mol. The van der Waals surface area contributed by atoms with Gasteiger partial charge in [0.1, 0.15) is 29.2 Å². The summed E-state index contributed by atoms with van der Waals surface area (Å²) in [6, 6.07) is 6.14. The maximum atomic E-state index is 14.5. The quantitative estimate of drug-likeness (QED) is 0.535. The molecule has 1 heterocycles. The summed E-state index contributed by atoms with van der Waals surface area (Å²) in [6.07, 6.45) is 0.592. The van der Waals surface area contributed by atoms with Crippen LogP contribution < -0.4 is 15.6 Å². The van der Waals surface area contributed by atoms with Gasteiger partial charge in [0.05, 0.1) is 16.1 Å². The third kappa shape index (κ3) is 4.95. The molecule has 3 N–H and O–H groups in total. The van der Waals surface area contributed by atoms with Gasteiger partial charge < -0.3 is 15.1 Å². The number of aromatic nitrogens is 1. The molecule has 0 spiro atoms. The molecule has 6 nitrogen and oxygen atoms in total. The second-order valence-electron chi connectivity index (χ2n) is 7.99. The Hall–Kier alpha value is -2.33. The van der Waals surface area contributed by atoms with Crippen LogP contribution in [-0.2, 0) is 24.5 Å². The van der Waals surface area contributed by atoms with Gasteiger partial charge in [-0.25, -0.2) is 17.4 Å². The second-order valence-corrected chi connectivity index (χ2v) is 9.60. The molecule has 0 radical (unpaired) electrons. The van der Waals surface area contributed by atoms with Crippen molar-refractivity contribution in [3.63, 3.8) is 0 Å². The SMILES string of the molecule is CCc1ccc(Nc2c(NS(=O)C3(CC(F)(F)CO)CC3)cc(C)c(=O)n2C)c(F)c1. The Bertz CT molecular complexity index is 1070. The Morgan fingerprint density at radius 3 is 2.48 bits per heavy atom. The smallest absolute Gasteiger partial charge is 0.272 e. The minimum atomic E-state index is -3.33. The Kier molecular flexibility index (Phi) is 6.52. The van der Waals surface area contributed by atoms with Gasteiger partial charge in [0.15, 0.2) is 0 Å². The molecule has 1 fully saturated rings. The largest absolute Gasteiger partial charge is 0.390 e. The van der Waals surface area contributed by atoms with Gasteiger partial charge in [-0.15, -0.1) is 0 Å². The van der Waals surface area contributed by atoms with Crippen molar-refractivity contribution < 1.29 is 22.5 Å². The molecular weight excluding hydrogens is 431 g/mol. The molecule has 0 amide bonds. The predicted molar refractivity (Wildman–Crippen MR) is 116 cm³/mol. The van der Waals surface area contributed by atoms with Crippen LogP contribution in [0.15, 0.2) is 29.1 Å². The van der Waals surface area contributed by atoms with E-state index in [1.165, 1.54) is 23.7 Å². The molecule has 170 valence electrons. The maximum Gasteiger partial charge on any atom is 0.272 e. The summed E-state index contributed by atoms with van der Waals surface area (Å²) in [4.78, 5) is 12.4. The third-order valence-electron chi connectivity index (χ3n) is 5.50. The number of aliphatic hydroxyl groups is 1. The highest BCUT2D eigenvalue weighted by Crippen LogP contribution is 2.49. The summed E-state index contributed by atoms with van der Waals surface area (Å²) >= 11 is 0. The van der Waals surface area contributed by atoms with Crippen LogP contribution in [0.1, 0.15) is 37.3 Å². The minimum absolute atomic E-state index is 0.123. The number of nitrogens with one attached hydrogen (secondary N) is 2. The van der Waals surface area contributed by atoms with Gasteiger partial charge >= 0.3 is 0 Å². The van der Waals surface area contributed by atoms with Crippen molar-refractivity contribution in [1.82, 2.24) is 4.57 Å².